The number of rotatable bonds is 5. The van der Waals surface area contributed by atoms with Crippen LogP contribution in [0.1, 0.15) is 36.5 Å². The number of carboxylic acid groups (broad SMARTS) is 1. The Balaban J connectivity index is 2.25. The van der Waals surface area contributed by atoms with E-state index >= 15 is 0 Å². The maximum atomic E-state index is 13.5. The van der Waals surface area contributed by atoms with Gasteiger partial charge in [-0.1, -0.05) is 19.8 Å². The van der Waals surface area contributed by atoms with Crippen LogP contribution in [0.25, 0.3) is 0 Å². The lowest BCUT2D eigenvalue weighted by Crippen LogP contribution is -2.17. The first kappa shape index (κ1) is 15.2. The predicted molar refractivity (Wildman–Crippen MR) is 75.0 cm³/mol. The van der Waals surface area contributed by atoms with E-state index < -0.39 is 28.0 Å². The van der Waals surface area contributed by atoms with Crippen molar-refractivity contribution < 1.29 is 19.2 Å². The average molecular weight is 296 g/mol. The molecule has 0 aromatic heterocycles. The number of hydrogen-bond acceptors (Lipinski definition) is 4. The summed E-state index contributed by atoms with van der Waals surface area (Å²) in [5.41, 5.74) is -0.955. The standard InChI is InChI=1S/C14H17FN2O4/c1-8-3-2-4-9(8)7-16-12-5-10(14(18)19)11(15)6-13(12)17(20)21/h5-6,8-9,16H,2-4,7H2,1H3,(H,18,19). The summed E-state index contributed by atoms with van der Waals surface area (Å²) in [7, 11) is 0. The number of nitrogens with one attached hydrogen (secondary N) is 1. The Bertz CT molecular complexity index is 576. The number of nitrogens with zero attached hydrogens (tertiary/aromatic N) is 1. The Morgan fingerprint density at radius 3 is 2.76 bits per heavy atom. The van der Waals surface area contributed by atoms with Gasteiger partial charge < -0.3 is 10.4 Å². The largest absolute Gasteiger partial charge is 0.478 e. The molecule has 1 aliphatic rings. The first-order valence-electron chi connectivity index (χ1n) is 6.85. The fraction of sp³-hybridized carbons (Fsp3) is 0.500. The van der Waals surface area contributed by atoms with Crippen LogP contribution in [0.4, 0.5) is 15.8 Å². The molecular formula is C14H17FN2O4. The van der Waals surface area contributed by atoms with Gasteiger partial charge in [-0.05, 0) is 24.3 Å². The van der Waals surface area contributed by atoms with Gasteiger partial charge in [-0.3, -0.25) is 10.1 Å². The van der Waals surface area contributed by atoms with Gasteiger partial charge in [0, 0.05) is 6.54 Å². The summed E-state index contributed by atoms with van der Waals surface area (Å²) in [6.07, 6.45) is 3.28. The molecule has 2 rings (SSSR count). The van der Waals surface area contributed by atoms with Crippen molar-refractivity contribution in [2.45, 2.75) is 26.2 Å². The second kappa shape index (κ2) is 6.07. The molecule has 2 atom stereocenters. The molecule has 21 heavy (non-hydrogen) atoms. The number of anilines is 1. The van der Waals surface area contributed by atoms with Gasteiger partial charge in [-0.25, -0.2) is 9.18 Å². The number of nitro groups is 1. The first-order chi connectivity index (χ1) is 9.90. The van der Waals surface area contributed by atoms with Crippen LogP contribution >= 0.6 is 0 Å². The van der Waals surface area contributed by atoms with E-state index in [0.717, 1.165) is 25.3 Å². The van der Waals surface area contributed by atoms with Crippen LogP contribution in [0.3, 0.4) is 0 Å². The Hall–Kier alpha value is -2.18. The molecule has 2 N–H and O–H groups in total. The molecular weight excluding hydrogens is 279 g/mol. The average Bonchev–Trinajstić information content (AvgIpc) is 2.82. The maximum Gasteiger partial charge on any atom is 0.338 e. The molecule has 0 spiro atoms. The molecule has 0 amide bonds. The van der Waals surface area contributed by atoms with Gasteiger partial charge in [-0.2, -0.15) is 0 Å². The van der Waals surface area contributed by atoms with Crippen molar-refractivity contribution in [2.75, 3.05) is 11.9 Å². The van der Waals surface area contributed by atoms with E-state index in [2.05, 4.69) is 12.2 Å². The van der Waals surface area contributed by atoms with Gasteiger partial charge in [0.15, 0.2) is 0 Å². The Morgan fingerprint density at radius 1 is 1.52 bits per heavy atom. The highest BCUT2D eigenvalue weighted by Crippen LogP contribution is 2.33. The molecule has 0 bridgehead atoms. The summed E-state index contributed by atoms with van der Waals surface area (Å²) in [5, 5.41) is 22.8. The van der Waals surface area contributed by atoms with Crippen molar-refractivity contribution in [3.63, 3.8) is 0 Å². The number of benzene rings is 1. The van der Waals surface area contributed by atoms with Crippen LogP contribution in [0.15, 0.2) is 12.1 Å². The van der Waals surface area contributed by atoms with E-state index in [-0.39, 0.29) is 5.69 Å². The summed E-state index contributed by atoms with van der Waals surface area (Å²) < 4.78 is 13.5. The lowest BCUT2D eigenvalue weighted by Gasteiger charge is -2.17. The molecule has 2 unspecified atom stereocenters. The lowest BCUT2D eigenvalue weighted by atomic mass is 9.98. The third-order valence-electron chi connectivity index (χ3n) is 4.11. The molecule has 1 saturated carbocycles. The normalized spacial score (nSPS) is 21.2. The van der Waals surface area contributed by atoms with E-state index in [0.29, 0.717) is 24.4 Å². The first-order valence-corrected chi connectivity index (χ1v) is 6.85. The third kappa shape index (κ3) is 3.29. The fourth-order valence-electron chi connectivity index (χ4n) is 2.79. The van der Waals surface area contributed by atoms with Crippen molar-refractivity contribution in [1.82, 2.24) is 0 Å². The monoisotopic (exact) mass is 296 g/mol. The van der Waals surface area contributed by atoms with E-state index in [1.54, 1.807) is 0 Å². The molecule has 1 fully saturated rings. The van der Waals surface area contributed by atoms with Crippen molar-refractivity contribution >= 4 is 17.3 Å². The second-order valence-corrected chi connectivity index (χ2v) is 5.46. The Kier molecular flexibility index (Phi) is 4.40. The molecule has 114 valence electrons. The van der Waals surface area contributed by atoms with E-state index in [4.69, 9.17) is 5.11 Å². The zero-order valence-electron chi connectivity index (χ0n) is 11.6. The minimum atomic E-state index is -1.44. The van der Waals surface area contributed by atoms with Gasteiger partial charge in [0.2, 0.25) is 0 Å². The number of carbonyl (C=O) groups is 1. The zero-order chi connectivity index (χ0) is 15.6. The van der Waals surface area contributed by atoms with Gasteiger partial charge in [0.05, 0.1) is 16.6 Å². The summed E-state index contributed by atoms with van der Waals surface area (Å²) in [4.78, 5) is 21.2. The van der Waals surface area contributed by atoms with Crippen molar-refractivity contribution in [1.29, 1.82) is 0 Å². The molecule has 0 aliphatic heterocycles. The molecule has 0 saturated heterocycles. The van der Waals surface area contributed by atoms with Crippen LogP contribution in [-0.2, 0) is 0 Å². The van der Waals surface area contributed by atoms with E-state index in [1.807, 2.05) is 0 Å². The topological polar surface area (TPSA) is 92.5 Å². The SMILES string of the molecule is CC1CCCC1CNc1cc(C(=O)O)c(F)cc1[N+](=O)[O-]. The van der Waals surface area contributed by atoms with Crippen molar-refractivity contribution in [2.24, 2.45) is 11.8 Å². The van der Waals surface area contributed by atoms with Crippen molar-refractivity contribution in [3.05, 3.63) is 33.6 Å². The van der Waals surface area contributed by atoms with E-state index in [9.17, 15) is 19.3 Å². The predicted octanol–water partition coefficient (Wildman–Crippen LogP) is 3.28. The van der Waals surface area contributed by atoms with Gasteiger partial charge in [-0.15, -0.1) is 0 Å². The fourth-order valence-corrected chi connectivity index (χ4v) is 2.79. The highest BCUT2D eigenvalue weighted by molar-refractivity contribution is 5.90. The smallest absolute Gasteiger partial charge is 0.338 e. The Morgan fingerprint density at radius 2 is 2.24 bits per heavy atom. The highest BCUT2D eigenvalue weighted by Gasteiger charge is 2.25. The number of carboxylic acids is 1. The molecule has 0 heterocycles. The number of hydrogen-bond donors (Lipinski definition) is 2. The van der Waals surface area contributed by atoms with Crippen LogP contribution in [-0.4, -0.2) is 22.5 Å². The molecule has 1 aromatic rings. The lowest BCUT2D eigenvalue weighted by molar-refractivity contribution is -0.384. The summed E-state index contributed by atoms with van der Waals surface area (Å²) in [5.74, 6) is -1.63. The summed E-state index contributed by atoms with van der Waals surface area (Å²) in [6, 6.07) is 1.65. The van der Waals surface area contributed by atoms with Gasteiger partial charge >= 0.3 is 5.97 Å². The molecule has 7 heteroatoms. The maximum absolute atomic E-state index is 13.5. The summed E-state index contributed by atoms with van der Waals surface area (Å²) in [6.45, 7) is 2.65. The quantitative estimate of drug-likeness (QED) is 0.642. The van der Waals surface area contributed by atoms with Crippen molar-refractivity contribution in [3.8, 4) is 0 Å². The zero-order valence-corrected chi connectivity index (χ0v) is 11.6. The second-order valence-electron chi connectivity index (χ2n) is 5.46. The third-order valence-corrected chi connectivity index (χ3v) is 4.11. The molecule has 1 aliphatic carbocycles. The van der Waals surface area contributed by atoms with Crippen LogP contribution < -0.4 is 5.32 Å². The molecule has 6 nitrogen and oxygen atoms in total. The summed E-state index contributed by atoms with van der Waals surface area (Å²) >= 11 is 0. The molecule has 0 radical (unpaired) electrons. The minimum absolute atomic E-state index is 0.0536. The van der Waals surface area contributed by atoms with Gasteiger partial charge in [0.25, 0.3) is 5.69 Å². The highest BCUT2D eigenvalue weighted by atomic mass is 19.1. The van der Waals surface area contributed by atoms with Crippen LogP contribution in [0, 0.1) is 27.8 Å². The number of aromatic carboxylic acids is 1. The number of nitro benzene ring substituents is 1. The Labute approximate surface area is 121 Å². The van der Waals surface area contributed by atoms with Gasteiger partial charge in [0.1, 0.15) is 11.5 Å². The van der Waals surface area contributed by atoms with E-state index in [1.165, 1.54) is 0 Å². The molecule has 1 aromatic carbocycles. The number of halogens is 1. The minimum Gasteiger partial charge on any atom is -0.478 e. The van der Waals surface area contributed by atoms with Crippen LogP contribution in [0.2, 0.25) is 0 Å². The van der Waals surface area contributed by atoms with Crippen LogP contribution in [0.5, 0.6) is 0 Å².